The van der Waals surface area contributed by atoms with Crippen LogP contribution >= 0.6 is 11.6 Å². The van der Waals surface area contributed by atoms with Crippen molar-refractivity contribution in [1.29, 1.82) is 5.26 Å². The Bertz CT molecular complexity index is 957. The van der Waals surface area contributed by atoms with Crippen molar-refractivity contribution in [2.45, 2.75) is 45.1 Å². The van der Waals surface area contributed by atoms with Gasteiger partial charge in [0.15, 0.2) is 18.1 Å². The molecule has 1 aliphatic carbocycles. The quantitative estimate of drug-likeness (QED) is 0.771. The number of nitrogens with one attached hydrogen (secondary N) is 1. The van der Waals surface area contributed by atoms with Crippen LogP contribution < -0.4 is 5.32 Å². The first-order valence-corrected chi connectivity index (χ1v) is 9.31. The summed E-state index contributed by atoms with van der Waals surface area (Å²) in [6, 6.07) is 7.20. The third kappa shape index (κ3) is 4.15. The zero-order valence-corrected chi connectivity index (χ0v) is 16.4. The molecule has 0 unspecified atom stereocenters. The fourth-order valence-electron chi connectivity index (χ4n) is 3.30. The van der Waals surface area contributed by atoms with Crippen LogP contribution in [0.3, 0.4) is 0 Å². The molecular formula is C19H20ClN5O3. The molecule has 1 aliphatic rings. The van der Waals surface area contributed by atoms with Gasteiger partial charge in [0.25, 0.3) is 5.91 Å². The molecule has 0 radical (unpaired) electrons. The zero-order valence-electron chi connectivity index (χ0n) is 15.7. The summed E-state index contributed by atoms with van der Waals surface area (Å²) in [6.45, 7) is 3.21. The first-order valence-electron chi connectivity index (χ1n) is 8.93. The molecule has 146 valence electrons. The molecule has 0 aliphatic heterocycles. The van der Waals surface area contributed by atoms with Crippen LogP contribution in [0, 0.1) is 25.2 Å². The van der Waals surface area contributed by atoms with Gasteiger partial charge in [0.2, 0.25) is 0 Å². The van der Waals surface area contributed by atoms with E-state index in [-0.39, 0.29) is 10.7 Å². The predicted molar refractivity (Wildman–Crippen MR) is 101 cm³/mol. The molecule has 28 heavy (non-hydrogen) atoms. The van der Waals surface area contributed by atoms with Crippen LogP contribution in [0.2, 0.25) is 5.02 Å². The van der Waals surface area contributed by atoms with E-state index in [0.29, 0.717) is 18.7 Å². The van der Waals surface area contributed by atoms with Gasteiger partial charge in [0, 0.05) is 5.69 Å². The van der Waals surface area contributed by atoms with E-state index in [2.05, 4.69) is 21.5 Å². The maximum atomic E-state index is 12.4. The van der Waals surface area contributed by atoms with Crippen molar-refractivity contribution in [3.63, 3.8) is 0 Å². The van der Waals surface area contributed by atoms with Crippen LogP contribution in [0.15, 0.2) is 18.2 Å². The first kappa shape index (κ1) is 19.8. The molecule has 1 saturated carbocycles. The molecule has 2 heterocycles. The van der Waals surface area contributed by atoms with Gasteiger partial charge in [-0.2, -0.15) is 10.4 Å². The SMILES string of the molecule is Cc1cc(C)n(-c2ccc(Cl)c(C(=O)OCC(=O)NC3(C#N)CCCC3)n2)n1. The van der Waals surface area contributed by atoms with Crippen molar-refractivity contribution in [1.82, 2.24) is 20.1 Å². The molecule has 2 aromatic rings. The highest BCUT2D eigenvalue weighted by atomic mass is 35.5. The molecule has 0 saturated heterocycles. The normalized spacial score (nSPS) is 15.1. The van der Waals surface area contributed by atoms with E-state index < -0.39 is 24.0 Å². The van der Waals surface area contributed by atoms with Crippen LogP contribution in [0.5, 0.6) is 0 Å². The summed E-state index contributed by atoms with van der Waals surface area (Å²) < 4.78 is 6.65. The number of aromatic nitrogens is 3. The standard InChI is InChI=1S/C19H20ClN5O3/c1-12-9-13(2)25(24-12)15-6-5-14(20)17(22-15)18(27)28-10-16(26)23-19(11-21)7-3-4-8-19/h5-6,9H,3-4,7-8,10H2,1-2H3,(H,23,26). The van der Waals surface area contributed by atoms with Gasteiger partial charge in [0.1, 0.15) is 5.54 Å². The highest BCUT2D eigenvalue weighted by Crippen LogP contribution is 2.28. The molecule has 1 fully saturated rings. The molecule has 3 rings (SSSR count). The average molecular weight is 402 g/mol. The highest BCUT2D eigenvalue weighted by Gasteiger charge is 2.35. The van der Waals surface area contributed by atoms with E-state index in [1.165, 1.54) is 6.07 Å². The number of aryl methyl sites for hydroxylation is 2. The Morgan fingerprint density at radius 3 is 2.68 bits per heavy atom. The lowest BCUT2D eigenvalue weighted by Crippen LogP contribution is -2.46. The minimum atomic E-state index is -0.866. The van der Waals surface area contributed by atoms with E-state index in [1.54, 1.807) is 10.7 Å². The topological polar surface area (TPSA) is 110 Å². The van der Waals surface area contributed by atoms with Crippen molar-refractivity contribution >= 4 is 23.5 Å². The van der Waals surface area contributed by atoms with Crippen molar-refractivity contribution in [3.05, 3.63) is 40.3 Å². The Kier molecular flexibility index (Phi) is 5.66. The molecule has 8 nitrogen and oxygen atoms in total. The number of carbonyl (C=O) groups excluding carboxylic acids is 2. The van der Waals surface area contributed by atoms with Crippen molar-refractivity contribution in [2.75, 3.05) is 6.61 Å². The second-order valence-electron chi connectivity index (χ2n) is 6.86. The monoisotopic (exact) mass is 401 g/mol. The number of hydrogen-bond acceptors (Lipinski definition) is 6. The number of amides is 1. The van der Waals surface area contributed by atoms with E-state index in [0.717, 1.165) is 24.2 Å². The van der Waals surface area contributed by atoms with Gasteiger partial charge >= 0.3 is 5.97 Å². The van der Waals surface area contributed by atoms with Crippen LogP contribution in [0.4, 0.5) is 0 Å². The van der Waals surface area contributed by atoms with E-state index in [1.807, 2.05) is 19.9 Å². The molecule has 0 aromatic carbocycles. The number of pyridine rings is 1. The van der Waals surface area contributed by atoms with Crippen LogP contribution in [-0.2, 0) is 9.53 Å². The van der Waals surface area contributed by atoms with Gasteiger partial charge in [-0.25, -0.2) is 14.5 Å². The van der Waals surface area contributed by atoms with Crippen molar-refractivity contribution in [3.8, 4) is 11.9 Å². The Labute approximate surface area is 167 Å². The number of nitrogens with zero attached hydrogens (tertiary/aromatic N) is 4. The third-order valence-electron chi connectivity index (χ3n) is 4.64. The summed E-state index contributed by atoms with van der Waals surface area (Å²) in [5.41, 5.74) is 0.697. The van der Waals surface area contributed by atoms with E-state index >= 15 is 0 Å². The van der Waals surface area contributed by atoms with Crippen molar-refractivity contribution < 1.29 is 14.3 Å². The summed E-state index contributed by atoms with van der Waals surface area (Å²) >= 11 is 6.08. The number of carbonyl (C=O) groups is 2. The molecule has 0 spiro atoms. The van der Waals surface area contributed by atoms with Gasteiger partial charge in [-0.1, -0.05) is 11.6 Å². The van der Waals surface area contributed by atoms with E-state index in [9.17, 15) is 14.9 Å². The van der Waals surface area contributed by atoms with Gasteiger partial charge in [-0.3, -0.25) is 4.79 Å². The molecule has 1 N–H and O–H groups in total. The lowest BCUT2D eigenvalue weighted by molar-refractivity contribution is -0.125. The molecule has 0 bridgehead atoms. The fraction of sp³-hybridized carbons (Fsp3) is 0.421. The average Bonchev–Trinajstić information content (AvgIpc) is 3.26. The first-order chi connectivity index (χ1) is 13.3. The maximum absolute atomic E-state index is 12.4. The van der Waals surface area contributed by atoms with Crippen molar-refractivity contribution in [2.24, 2.45) is 0 Å². The summed E-state index contributed by atoms with van der Waals surface area (Å²) in [6.07, 6.45) is 2.96. The molecule has 0 atom stereocenters. The Balaban J connectivity index is 1.69. The van der Waals surface area contributed by atoms with Crippen LogP contribution in [-0.4, -0.2) is 38.8 Å². The predicted octanol–water partition coefficient (Wildman–Crippen LogP) is 2.65. The van der Waals surface area contributed by atoms with Crippen LogP contribution in [0.1, 0.15) is 47.6 Å². The largest absolute Gasteiger partial charge is 0.451 e. The minimum Gasteiger partial charge on any atom is -0.451 e. The van der Waals surface area contributed by atoms with Gasteiger partial charge in [-0.05, 0) is 57.7 Å². The lowest BCUT2D eigenvalue weighted by atomic mass is 10.00. The Hall–Kier alpha value is -2.92. The van der Waals surface area contributed by atoms with Gasteiger partial charge in [-0.15, -0.1) is 0 Å². The molecular weight excluding hydrogens is 382 g/mol. The maximum Gasteiger partial charge on any atom is 0.359 e. The second kappa shape index (κ2) is 7.98. The summed E-state index contributed by atoms with van der Waals surface area (Å²) in [4.78, 5) is 28.7. The van der Waals surface area contributed by atoms with E-state index in [4.69, 9.17) is 16.3 Å². The summed E-state index contributed by atoms with van der Waals surface area (Å²) in [5.74, 6) is -0.927. The number of rotatable bonds is 5. The summed E-state index contributed by atoms with van der Waals surface area (Å²) in [7, 11) is 0. The molecule has 2 aromatic heterocycles. The minimum absolute atomic E-state index is 0.101. The summed E-state index contributed by atoms with van der Waals surface area (Å²) in [5, 5.41) is 16.4. The highest BCUT2D eigenvalue weighted by molar-refractivity contribution is 6.33. The Morgan fingerprint density at radius 1 is 1.36 bits per heavy atom. The molecule has 1 amide bonds. The van der Waals surface area contributed by atoms with Gasteiger partial charge < -0.3 is 10.1 Å². The third-order valence-corrected chi connectivity index (χ3v) is 4.94. The zero-order chi connectivity index (χ0) is 20.3. The van der Waals surface area contributed by atoms with Gasteiger partial charge in [0.05, 0.1) is 16.8 Å². The lowest BCUT2D eigenvalue weighted by Gasteiger charge is -2.21. The Morgan fingerprint density at radius 2 is 2.07 bits per heavy atom. The number of hydrogen-bond donors (Lipinski definition) is 1. The number of ether oxygens (including phenoxy) is 1. The second-order valence-corrected chi connectivity index (χ2v) is 7.27. The molecule has 9 heteroatoms. The van der Waals surface area contributed by atoms with Crippen LogP contribution in [0.25, 0.3) is 5.82 Å². The fourth-order valence-corrected chi connectivity index (χ4v) is 3.48. The smallest absolute Gasteiger partial charge is 0.359 e. The number of nitriles is 1. The number of esters is 1. The number of halogens is 1.